The summed E-state index contributed by atoms with van der Waals surface area (Å²) in [5.41, 5.74) is 0. The first-order chi connectivity index (χ1) is 8.86. The molecule has 2 rings (SSSR count). The Morgan fingerprint density at radius 3 is 2.05 bits per heavy atom. The molecule has 0 aromatic carbocycles. The monoisotopic (exact) mass is 278 g/mol. The van der Waals surface area contributed by atoms with Crippen LogP contribution in [0.1, 0.15) is 45.4 Å². The number of halogens is 3. The van der Waals surface area contributed by atoms with Crippen LogP contribution >= 0.6 is 0 Å². The number of alkyl halides is 3. The maximum atomic E-state index is 12.5. The van der Waals surface area contributed by atoms with Gasteiger partial charge in [-0.1, -0.05) is 0 Å². The Kier molecular flexibility index (Phi) is 4.38. The molecular formula is C13H21F3N2O. The fourth-order valence-corrected chi connectivity index (χ4v) is 2.57. The zero-order valence-corrected chi connectivity index (χ0v) is 11.1. The van der Waals surface area contributed by atoms with Crippen molar-refractivity contribution in [2.24, 2.45) is 5.92 Å². The number of hydrogen-bond acceptors (Lipinski definition) is 2. The third kappa shape index (κ3) is 4.37. The Balaban J connectivity index is 1.71. The normalized spacial score (nSPS) is 29.9. The molecule has 1 atom stereocenters. The molecule has 2 N–H and O–H groups in total. The fourth-order valence-electron chi connectivity index (χ4n) is 2.57. The molecule has 0 bridgehead atoms. The van der Waals surface area contributed by atoms with E-state index in [4.69, 9.17) is 0 Å². The lowest BCUT2D eigenvalue weighted by molar-refractivity contribution is -0.182. The van der Waals surface area contributed by atoms with Crippen LogP contribution < -0.4 is 10.6 Å². The van der Waals surface area contributed by atoms with Gasteiger partial charge in [-0.25, -0.2) is 0 Å². The molecule has 2 aliphatic rings. The Hall–Kier alpha value is -0.780. The smallest absolute Gasteiger partial charge is 0.352 e. The van der Waals surface area contributed by atoms with E-state index < -0.39 is 12.1 Å². The molecule has 0 aromatic heterocycles. The molecular weight excluding hydrogens is 257 g/mol. The second-order valence-corrected chi connectivity index (χ2v) is 5.76. The first-order valence-corrected chi connectivity index (χ1v) is 6.99. The van der Waals surface area contributed by atoms with Gasteiger partial charge >= 0.3 is 6.18 Å². The lowest BCUT2D eigenvalue weighted by Crippen LogP contribution is -2.48. The van der Waals surface area contributed by atoms with Crippen molar-refractivity contribution < 1.29 is 18.0 Å². The molecule has 110 valence electrons. The minimum absolute atomic E-state index is 0.0264. The maximum absolute atomic E-state index is 12.5. The summed E-state index contributed by atoms with van der Waals surface area (Å²) in [7, 11) is 0. The number of carbonyl (C=O) groups is 1. The van der Waals surface area contributed by atoms with Crippen molar-refractivity contribution in [3.05, 3.63) is 0 Å². The van der Waals surface area contributed by atoms with E-state index in [0.29, 0.717) is 18.9 Å². The minimum atomic E-state index is -4.07. The molecule has 0 spiro atoms. The van der Waals surface area contributed by atoms with Crippen LogP contribution in [0.3, 0.4) is 0 Å². The van der Waals surface area contributed by atoms with Gasteiger partial charge in [-0.05, 0) is 45.4 Å². The van der Waals surface area contributed by atoms with Crippen molar-refractivity contribution in [3.8, 4) is 0 Å². The molecule has 2 fully saturated rings. The molecule has 2 saturated carbocycles. The highest BCUT2D eigenvalue weighted by molar-refractivity contribution is 5.81. The largest absolute Gasteiger partial charge is 0.391 e. The zero-order chi connectivity index (χ0) is 14.0. The van der Waals surface area contributed by atoms with Gasteiger partial charge in [0.05, 0.1) is 12.0 Å². The summed E-state index contributed by atoms with van der Waals surface area (Å²) in [5.74, 6) is -1.21. The van der Waals surface area contributed by atoms with Crippen molar-refractivity contribution >= 4 is 5.91 Å². The van der Waals surface area contributed by atoms with Gasteiger partial charge in [-0.3, -0.25) is 4.79 Å². The fraction of sp³-hybridized carbons (Fsp3) is 0.923. The number of hydrogen-bond donors (Lipinski definition) is 2. The summed E-state index contributed by atoms with van der Waals surface area (Å²) >= 11 is 0. The average Bonchev–Trinajstić information content (AvgIpc) is 3.12. The predicted molar refractivity (Wildman–Crippen MR) is 65.6 cm³/mol. The van der Waals surface area contributed by atoms with Crippen LogP contribution in [0.5, 0.6) is 0 Å². The SMILES string of the molecule is CC(NC1CCC(C(F)(F)F)CC1)C(=O)NC1CC1. The van der Waals surface area contributed by atoms with E-state index in [9.17, 15) is 18.0 Å². The van der Waals surface area contributed by atoms with E-state index >= 15 is 0 Å². The average molecular weight is 278 g/mol. The minimum Gasteiger partial charge on any atom is -0.352 e. The maximum Gasteiger partial charge on any atom is 0.391 e. The van der Waals surface area contributed by atoms with E-state index in [-0.39, 0.29) is 30.8 Å². The van der Waals surface area contributed by atoms with Crippen molar-refractivity contribution in [2.75, 3.05) is 0 Å². The zero-order valence-electron chi connectivity index (χ0n) is 11.1. The quantitative estimate of drug-likeness (QED) is 0.829. The van der Waals surface area contributed by atoms with Gasteiger partial charge < -0.3 is 10.6 Å². The Bertz CT molecular complexity index is 320. The number of amides is 1. The molecule has 0 aromatic rings. The summed E-state index contributed by atoms with van der Waals surface area (Å²) < 4.78 is 37.6. The predicted octanol–water partition coefficient (Wildman–Crippen LogP) is 2.36. The van der Waals surface area contributed by atoms with Crippen LogP contribution in [0, 0.1) is 5.92 Å². The molecule has 3 nitrogen and oxygen atoms in total. The third-order valence-corrected chi connectivity index (χ3v) is 3.99. The van der Waals surface area contributed by atoms with E-state index in [1.165, 1.54) is 0 Å². The van der Waals surface area contributed by atoms with Gasteiger partial charge in [-0.2, -0.15) is 13.2 Å². The van der Waals surface area contributed by atoms with E-state index in [1.807, 2.05) is 0 Å². The summed E-state index contributed by atoms with van der Waals surface area (Å²) in [6.07, 6.45) is -0.684. The van der Waals surface area contributed by atoms with Crippen LogP contribution in [0.15, 0.2) is 0 Å². The van der Waals surface area contributed by atoms with E-state index in [0.717, 1.165) is 12.8 Å². The molecule has 1 amide bonds. The Morgan fingerprint density at radius 2 is 1.58 bits per heavy atom. The topological polar surface area (TPSA) is 41.1 Å². The standard InChI is InChI=1S/C13H21F3N2O/c1-8(12(19)18-11-6-7-11)17-10-4-2-9(3-5-10)13(14,15)16/h8-11,17H,2-7H2,1H3,(H,18,19). The van der Waals surface area contributed by atoms with E-state index in [1.54, 1.807) is 6.92 Å². The molecule has 6 heteroatoms. The summed E-state index contributed by atoms with van der Waals surface area (Å²) in [6.45, 7) is 1.77. The Morgan fingerprint density at radius 1 is 1.05 bits per heavy atom. The van der Waals surface area contributed by atoms with Crippen LogP contribution in [0.2, 0.25) is 0 Å². The van der Waals surface area contributed by atoms with Gasteiger partial charge in [0.25, 0.3) is 0 Å². The van der Waals surface area contributed by atoms with Gasteiger partial charge in [0.1, 0.15) is 0 Å². The highest BCUT2D eigenvalue weighted by atomic mass is 19.4. The number of carbonyl (C=O) groups excluding carboxylic acids is 1. The van der Waals surface area contributed by atoms with Crippen molar-refractivity contribution in [3.63, 3.8) is 0 Å². The van der Waals surface area contributed by atoms with Crippen molar-refractivity contribution in [2.45, 2.75) is 69.8 Å². The molecule has 0 heterocycles. The molecule has 19 heavy (non-hydrogen) atoms. The van der Waals surface area contributed by atoms with E-state index in [2.05, 4.69) is 10.6 Å². The van der Waals surface area contributed by atoms with Crippen molar-refractivity contribution in [1.29, 1.82) is 0 Å². The first kappa shape index (κ1) is 14.6. The summed E-state index contributed by atoms with van der Waals surface area (Å²) in [6, 6.07) is 0.0179. The van der Waals surface area contributed by atoms with Gasteiger partial charge in [0.15, 0.2) is 0 Å². The van der Waals surface area contributed by atoms with Crippen LogP contribution in [0.25, 0.3) is 0 Å². The first-order valence-electron chi connectivity index (χ1n) is 6.99. The summed E-state index contributed by atoms with van der Waals surface area (Å²) in [4.78, 5) is 11.7. The molecule has 2 aliphatic carbocycles. The van der Waals surface area contributed by atoms with Crippen LogP contribution in [-0.2, 0) is 4.79 Å². The molecule has 0 saturated heterocycles. The number of rotatable bonds is 4. The highest BCUT2D eigenvalue weighted by Crippen LogP contribution is 2.37. The van der Waals surface area contributed by atoms with Gasteiger partial charge in [0, 0.05) is 12.1 Å². The Labute approximate surface area is 111 Å². The van der Waals surface area contributed by atoms with Gasteiger partial charge in [0.2, 0.25) is 5.91 Å². The van der Waals surface area contributed by atoms with Gasteiger partial charge in [-0.15, -0.1) is 0 Å². The summed E-state index contributed by atoms with van der Waals surface area (Å²) in [5, 5.41) is 6.04. The lowest BCUT2D eigenvalue weighted by Gasteiger charge is -2.31. The second-order valence-electron chi connectivity index (χ2n) is 5.76. The van der Waals surface area contributed by atoms with Crippen LogP contribution in [-0.4, -0.2) is 30.2 Å². The molecule has 0 aliphatic heterocycles. The number of nitrogens with one attached hydrogen (secondary N) is 2. The molecule has 1 unspecified atom stereocenters. The molecule has 0 radical (unpaired) electrons. The highest BCUT2D eigenvalue weighted by Gasteiger charge is 2.41. The third-order valence-electron chi connectivity index (χ3n) is 3.99. The second kappa shape index (κ2) is 5.69. The van der Waals surface area contributed by atoms with Crippen LogP contribution in [0.4, 0.5) is 13.2 Å². The lowest BCUT2D eigenvalue weighted by atomic mass is 9.85. The van der Waals surface area contributed by atoms with Crippen molar-refractivity contribution in [1.82, 2.24) is 10.6 Å².